The van der Waals surface area contributed by atoms with Gasteiger partial charge in [-0.1, -0.05) is 30.3 Å². The SMILES string of the molecule is CO[C@@H]1C[C@@H](NC(=O)Nc2ccc(C(F)(F)F)nc2)C(=O)N(c2ccc(-c3ccccc3NS(C)(=O)=O)cc2)C1. The molecule has 0 bridgehead atoms. The summed E-state index contributed by atoms with van der Waals surface area (Å²) in [6.07, 6.45) is -2.89. The van der Waals surface area contributed by atoms with E-state index in [0.29, 0.717) is 22.5 Å². The number of ether oxygens (including phenoxy) is 1. The average Bonchev–Trinajstić information content (AvgIpc) is 2.89. The Balaban J connectivity index is 1.48. The monoisotopic (exact) mass is 577 g/mol. The second-order valence-corrected chi connectivity index (χ2v) is 10.8. The Hall–Kier alpha value is -4.17. The maximum atomic E-state index is 13.3. The first-order valence-corrected chi connectivity index (χ1v) is 13.9. The molecule has 0 saturated carbocycles. The van der Waals surface area contributed by atoms with E-state index in [2.05, 4.69) is 20.3 Å². The first-order valence-electron chi connectivity index (χ1n) is 12.0. The lowest BCUT2D eigenvalue weighted by Gasteiger charge is -2.37. The summed E-state index contributed by atoms with van der Waals surface area (Å²) in [5, 5.41) is 4.94. The van der Waals surface area contributed by atoms with Gasteiger partial charge in [-0.3, -0.25) is 9.52 Å². The number of nitrogens with one attached hydrogen (secondary N) is 3. The first-order chi connectivity index (χ1) is 18.8. The molecule has 2 aromatic carbocycles. The topological polar surface area (TPSA) is 130 Å². The van der Waals surface area contributed by atoms with Gasteiger partial charge in [-0.15, -0.1) is 0 Å². The fraction of sp³-hybridized carbons (Fsp3) is 0.269. The summed E-state index contributed by atoms with van der Waals surface area (Å²) >= 11 is 0. The minimum atomic E-state index is -4.61. The van der Waals surface area contributed by atoms with Gasteiger partial charge in [-0.2, -0.15) is 13.2 Å². The van der Waals surface area contributed by atoms with Gasteiger partial charge in [-0.25, -0.2) is 18.2 Å². The van der Waals surface area contributed by atoms with Gasteiger partial charge in [0.15, 0.2) is 0 Å². The van der Waals surface area contributed by atoms with Gasteiger partial charge in [0.25, 0.3) is 0 Å². The minimum absolute atomic E-state index is 0.0233. The predicted molar refractivity (Wildman–Crippen MR) is 143 cm³/mol. The summed E-state index contributed by atoms with van der Waals surface area (Å²) in [5.41, 5.74) is 1.22. The molecule has 4 rings (SSSR count). The van der Waals surface area contributed by atoms with Crippen molar-refractivity contribution in [1.29, 1.82) is 0 Å². The molecule has 2 heterocycles. The molecule has 0 aliphatic carbocycles. The Kier molecular flexibility index (Phi) is 8.30. The van der Waals surface area contributed by atoms with E-state index in [4.69, 9.17) is 4.74 Å². The van der Waals surface area contributed by atoms with Crippen LogP contribution in [-0.4, -0.2) is 57.4 Å². The molecule has 14 heteroatoms. The van der Waals surface area contributed by atoms with Gasteiger partial charge in [-0.05, 0) is 35.9 Å². The molecule has 3 aromatic rings. The van der Waals surface area contributed by atoms with Gasteiger partial charge >= 0.3 is 12.2 Å². The van der Waals surface area contributed by atoms with E-state index in [1.807, 2.05) is 0 Å². The van der Waals surface area contributed by atoms with Crippen LogP contribution in [0.1, 0.15) is 12.1 Å². The molecular formula is C26H26F3N5O5S. The summed E-state index contributed by atoms with van der Waals surface area (Å²) in [6, 6.07) is 13.8. The van der Waals surface area contributed by atoms with Crippen LogP contribution in [0.2, 0.25) is 0 Å². The summed E-state index contributed by atoms with van der Waals surface area (Å²) < 4.78 is 69.6. The van der Waals surface area contributed by atoms with Crippen molar-refractivity contribution >= 4 is 39.0 Å². The van der Waals surface area contributed by atoms with Crippen molar-refractivity contribution in [3.05, 3.63) is 72.6 Å². The minimum Gasteiger partial charge on any atom is -0.380 e. The number of hydrogen-bond acceptors (Lipinski definition) is 6. The fourth-order valence-corrected chi connectivity index (χ4v) is 4.83. The highest BCUT2D eigenvalue weighted by molar-refractivity contribution is 7.92. The molecule has 3 N–H and O–H groups in total. The smallest absolute Gasteiger partial charge is 0.380 e. The Bertz CT molecular complexity index is 1480. The normalized spacial score (nSPS) is 17.8. The van der Waals surface area contributed by atoms with E-state index in [1.165, 1.54) is 12.0 Å². The number of nitrogens with zero attached hydrogens (tertiary/aromatic N) is 2. The molecule has 212 valence electrons. The number of urea groups is 1. The van der Waals surface area contributed by atoms with E-state index in [1.54, 1.807) is 48.5 Å². The molecule has 0 radical (unpaired) electrons. The van der Waals surface area contributed by atoms with E-state index in [9.17, 15) is 31.2 Å². The van der Waals surface area contributed by atoms with Crippen molar-refractivity contribution in [2.75, 3.05) is 34.8 Å². The van der Waals surface area contributed by atoms with Crippen LogP contribution < -0.4 is 20.3 Å². The van der Waals surface area contributed by atoms with Crippen molar-refractivity contribution in [2.45, 2.75) is 24.7 Å². The van der Waals surface area contributed by atoms with Crippen LogP contribution in [-0.2, 0) is 25.7 Å². The number of halogens is 3. The number of pyridine rings is 1. The molecular weight excluding hydrogens is 551 g/mol. The Morgan fingerprint density at radius 1 is 1.07 bits per heavy atom. The second-order valence-electron chi connectivity index (χ2n) is 9.09. The molecule has 10 nitrogen and oxygen atoms in total. The second kappa shape index (κ2) is 11.5. The van der Waals surface area contributed by atoms with Crippen LogP contribution in [0, 0.1) is 0 Å². The predicted octanol–water partition coefficient (Wildman–Crippen LogP) is 4.08. The maximum Gasteiger partial charge on any atom is 0.433 e. The maximum absolute atomic E-state index is 13.3. The number of aromatic nitrogens is 1. The fourth-order valence-electron chi connectivity index (χ4n) is 4.25. The number of benzene rings is 2. The molecule has 0 spiro atoms. The molecule has 0 unspecified atom stereocenters. The highest BCUT2D eigenvalue weighted by Crippen LogP contribution is 2.31. The molecule has 1 aliphatic rings. The lowest BCUT2D eigenvalue weighted by Crippen LogP contribution is -2.57. The Morgan fingerprint density at radius 3 is 2.38 bits per heavy atom. The van der Waals surface area contributed by atoms with Crippen LogP contribution >= 0.6 is 0 Å². The number of alkyl halides is 3. The number of sulfonamides is 1. The number of anilines is 3. The first kappa shape index (κ1) is 28.8. The van der Waals surface area contributed by atoms with Crippen LogP contribution in [0.4, 0.5) is 35.0 Å². The number of piperidine rings is 1. The van der Waals surface area contributed by atoms with E-state index < -0.39 is 46.0 Å². The number of carbonyl (C=O) groups excluding carboxylic acids is 2. The largest absolute Gasteiger partial charge is 0.433 e. The summed E-state index contributed by atoms with van der Waals surface area (Å²) in [7, 11) is -2.01. The molecule has 1 aromatic heterocycles. The molecule has 1 saturated heterocycles. The molecule has 3 amide bonds. The van der Waals surface area contributed by atoms with Gasteiger partial charge in [0.1, 0.15) is 11.7 Å². The molecule has 2 atom stereocenters. The zero-order valence-electron chi connectivity index (χ0n) is 21.4. The van der Waals surface area contributed by atoms with Crippen LogP contribution in [0.3, 0.4) is 0 Å². The summed E-state index contributed by atoms with van der Waals surface area (Å²) in [5.74, 6) is -0.402. The number of amides is 3. The van der Waals surface area contributed by atoms with E-state index >= 15 is 0 Å². The van der Waals surface area contributed by atoms with E-state index in [-0.39, 0.29) is 18.7 Å². The van der Waals surface area contributed by atoms with Crippen LogP contribution in [0.15, 0.2) is 66.9 Å². The average molecular weight is 578 g/mol. The van der Waals surface area contributed by atoms with Gasteiger partial charge < -0.3 is 20.3 Å². The quantitative estimate of drug-likeness (QED) is 0.388. The van der Waals surface area contributed by atoms with Crippen molar-refractivity contribution < 1.29 is 35.9 Å². The number of para-hydroxylation sites is 1. The summed E-state index contributed by atoms with van der Waals surface area (Å²) in [6.45, 7) is 0.226. The van der Waals surface area contributed by atoms with Gasteiger partial charge in [0.2, 0.25) is 15.9 Å². The molecule has 1 fully saturated rings. The number of hydrogen-bond donors (Lipinski definition) is 3. The number of rotatable bonds is 7. The lowest BCUT2D eigenvalue weighted by atomic mass is 9.99. The number of carbonyl (C=O) groups is 2. The van der Waals surface area contributed by atoms with Gasteiger partial charge in [0.05, 0.1) is 36.5 Å². The highest BCUT2D eigenvalue weighted by atomic mass is 32.2. The van der Waals surface area contributed by atoms with Crippen molar-refractivity contribution in [3.63, 3.8) is 0 Å². The van der Waals surface area contributed by atoms with Crippen molar-refractivity contribution in [1.82, 2.24) is 10.3 Å². The van der Waals surface area contributed by atoms with Crippen molar-refractivity contribution in [2.24, 2.45) is 0 Å². The highest BCUT2D eigenvalue weighted by Gasteiger charge is 2.36. The van der Waals surface area contributed by atoms with Crippen molar-refractivity contribution in [3.8, 4) is 11.1 Å². The van der Waals surface area contributed by atoms with Gasteiger partial charge in [0, 0.05) is 24.8 Å². The zero-order valence-corrected chi connectivity index (χ0v) is 22.2. The zero-order chi connectivity index (χ0) is 29.1. The third kappa shape index (κ3) is 7.07. The van der Waals surface area contributed by atoms with Crippen LogP contribution in [0.25, 0.3) is 11.1 Å². The summed E-state index contributed by atoms with van der Waals surface area (Å²) in [4.78, 5) is 30.6. The number of methoxy groups -OCH3 is 1. The molecule has 1 aliphatic heterocycles. The Morgan fingerprint density at radius 2 is 1.77 bits per heavy atom. The molecule has 40 heavy (non-hydrogen) atoms. The lowest BCUT2D eigenvalue weighted by molar-refractivity contribution is -0.141. The third-order valence-electron chi connectivity index (χ3n) is 6.11. The van der Waals surface area contributed by atoms with Crippen LogP contribution in [0.5, 0.6) is 0 Å². The third-order valence-corrected chi connectivity index (χ3v) is 6.70. The standard InChI is InChI=1S/C26H26F3N5O5S/c1-39-19-13-22(32-25(36)31-17-9-12-23(30-14-17)26(27,28)29)24(35)34(15-19)18-10-7-16(8-11-18)20-5-3-4-6-21(20)33-40(2,37)38/h3-12,14,19,22,33H,13,15H2,1-2H3,(H2,31,32,36)/t19-,22-/m1/s1. The Labute approximate surface area is 228 Å². The van der Waals surface area contributed by atoms with E-state index in [0.717, 1.165) is 24.6 Å².